The van der Waals surface area contributed by atoms with Gasteiger partial charge in [0.1, 0.15) is 6.61 Å². The zero-order valence-corrected chi connectivity index (χ0v) is 9.69. The maximum absolute atomic E-state index is 10.8. The predicted molar refractivity (Wildman–Crippen MR) is 65.2 cm³/mol. The van der Waals surface area contributed by atoms with Gasteiger partial charge in [-0.25, -0.2) is 0 Å². The first-order chi connectivity index (χ1) is 7.83. The third-order valence-corrected chi connectivity index (χ3v) is 2.24. The number of esters is 1. The van der Waals surface area contributed by atoms with Crippen molar-refractivity contribution in [2.24, 2.45) is 0 Å². The van der Waals surface area contributed by atoms with Crippen LogP contribution in [0.25, 0.3) is 0 Å². The maximum Gasteiger partial charge on any atom is 0.305 e. The number of allylic oxidation sites excluding steroid dienone is 1. The van der Waals surface area contributed by atoms with Gasteiger partial charge >= 0.3 is 5.97 Å². The molecule has 0 saturated heterocycles. The fraction of sp³-hybridized carbons (Fsp3) is 0.357. The second kappa shape index (κ2) is 7.69. The van der Waals surface area contributed by atoms with Crippen LogP contribution in [-0.2, 0) is 16.0 Å². The Hall–Kier alpha value is -1.57. The summed E-state index contributed by atoms with van der Waals surface area (Å²) >= 11 is 0. The molecule has 0 radical (unpaired) electrons. The Balaban J connectivity index is 2.11. The summed E-state index contributed by atoms with van der Waals surface area (Å²) in [4.78, 5) is 10.8. The van der Waals surface area contributed by atoms with Crippen LogP contribution < -0.4 is 0 Å². The number of carbonyl (C=O) groups excluding carboxylic acids is 1. The van der Waals surface area contributed by atoms with Crippen molar-refractivity contribution in [2.45, 2.75) is 26.2 Å². The molecular weight excluding hydrogens is 200 g/mol. The highest BCUT2D eigenvalue weighted by Gasteiger charge is 1.93. The first kappa shape index (κ1) is 12.5. The Kier molecular flexibility index (Phi) is 6.00. The summed E-state index contributed by atoms with van der Waals surface area (Å²) in [6, 6.07) is 10.3. The van der Waals surface area contributed by atoms with Crippen molar-refractivity contribution in [3.05, 3.63) is 48.0 Å². The van der Waals surface area contributed by atoms with Gasteiger partial charge < -0.3 is 4.74 Å². The normalized spacial score (nSPS) is 10.6. The fourth-order valence-electron chi connectivity index (χ4n) is 1.32. The van der Waals surface area contributed by atoms with Gasteiger partial charge in [-0.3, -0.25) is 4.79 Å². The molecule has 16 heavy (non-hydrogen) atoms. The Morgan fingerprint density at radius 2 is 2.00 bits per heavy atom. The zero-order chi connectivity index (χ0) is 11.6. The number of ether oxygens (including phenoxy) is 1. The van der Waals surface area contributed by atoms with Gasteiger partial charge in [0.2, 0.25) is 0 Å². The van der Waals surface area contributed by atoms with E-state index < -0.39 is 0 Å². The molecule has 0 atom stereocenters. The highest BCUT2D eigenvalue weighted by molar-refractivity contribution is 5.68. The fourth-order valence-corrected chi connectivity index (χ4v) is 1.32. The molecule has 2 heteroatoms. The van der Waals surface area contributed by atoms with E-state index in [4.69, 9.17) is 4.74 Å². The molecule has 0 heterocycles. The molecule has 1 aromatic carbocycles. The molecule has 0 aliphatic rings. The lowest BCUT2D eigenvalue weighted by Crippen LogP contribution is -2.01. The Morgan fingerprint density at radius 3 is 2.69 bits per heavy atom. The van der Waals surface area contributed by atoms with E-state index in [0.717, 1.165) is 12.8 Å². The minimum Gasteiger partial charge on any atom is -0.461 e. The van der Waals surface area contributed by atoms with Crippen molar-refractivity contribution >= 4 is 5.97 Å². The monoisotopic (exact) mass is 218 g/mol. The van der Waals surface area contributed by atoms with Gasteiger partial charge in [-0.15, -0.1) is 0 Å². The molecular formula is C14H18O2. The second-order valence-electron chi connectivity index (χ2n) is 3.53. The average Bonchev–Trinajstić information content (AvgIpc) is 2.34. The largest absolute Gasteiger partial charge is 0.461 e. The van der Waals surface area contributed by atoms with Gasteiger partial charge in [0.25, 0.3) is 0 Å². The molecule has 0 saturated carbocycles. The van der Waals surface area contributed by atoms with E-state index >= 15 is 0 Å². The highest BCUT2D eigenvalue weighted by atomic mass is 16.5. The zero-order valence-electron chi connectivity index (χ0n) is 9.69. The van der Waals surface area contributed by atoms with Crippen LogP contribution in [0.4, 0.5) is 0 Å². The van der Waals surface area contributed by atoms with Crippen molar-refractivity contribution in [1.29, 1.82) is 0 Å². The number of hydrogen-bond acceptors (Lipinski definition) is 2. The summed E-state index contributed by atoms with van der Waals surface area (Å²) in [5.41, 5.74) is 1.33. The highest BCUT2D eigenvalue weighted by Crippen LogP contribution is 2.02. The minimum absolute atomic E-state index is 0.146. The van der Waals surface area contributed by atoms with Gasteiger partial charge in [0.05, 0.1) is 0 Å². The molecule has 0 amide bonds. The minimum atomic E-state index is -0.146. The Labute approximate surface area is 96.9 Å². The molecule has 1 rings (SSSR count). The van der Waals surface area contributed by atoms with E-state index in [1.807, 2.05) is 24.3 Å². The van der Waals surface area contributed by atoms with Gasteiger partial charge in [-0.2, -0.15) is 0 Å². The van der Waals surface area contributed by atoms with Crippen molar-refractivity contribution in [3.63, 3.8) is 0 Å². The maximum atomic E-state index is 10.8. The van der Waals surface area contributed by atoms with Gasteiger partial charge in [0.15, 0.2) is 0 Å². The predicted octanol–water partition coefficient (Wildman–Crippen LogP) is 3.13. The van der Waals surface area contributed by atoms with Crippen LogP contribution in [0.3, 0.4) is 0 Å². The molecule has 2 nitrogen and oxygen atoms in total. The van der Waals surface area contributed by atoms with Gasteiger partial charge in [0, 0.05) is 6.42 Å². The molecule has 0 aliphatic carbocycles. The molecule has 0 fully saturated rings. The first-order valence-electron chi connectivity index (χ1n) is 5.67. The molecule has 0 aromatic heterocycles. The van der Waals surface area contributed by atoms with Crippen molar-refractivity contribution < 1.29 is 9.53 Å². The van der Waals surface area contributed by atoms with Crippen LogP contribution in [-0.4, -0.2) is 12.6 Å². The van der Waals surface area contributed by atoms with E-state index in [0.29, 0.717) is 13.0 Å². The van der Waals surface area contributed by atoms with Crippen molar-refractivity contribution in [2.75, 3.05) is 6.61 Å². The summed E-state index contributed by atoms with van der Waals surface area (Å²) in [6.07, 6.45) is 6.40. The standard InChI is InChI=1S/C14H18O2/c1-2-14(15)16-12-8-4-7-11-13-9-5-3-6-10-13/h3-6,8-10H,2,7,11-12H2,1H3/b8-4-. The van der Waals surface area contributed by atoms with Gasteiger partial charge in [-0.1, -0.05) is 49.4 Å². The SMILES string of the molecule is CCC(=O)OC/C=C\CCc1ccccc1. The Morgan fingerprint density at radius 1 is 1.25 bits per heavy atom. The summed E-state index contributed by atoms with van der Waals surface area (Å²) < 4.78 is 4.92. The van der Waals surface area contributed by atoms with Gasteiger partial charge in [-0.05, 0) is 18.4 Å². The first-order valence-corrected chi connectivity index (χ1v) is 5.67. The lowest BCUT2D eigenvalue weighted by atomic mass is 10.1. The van der Waals surface area contributed by atoms with E-state index in [2.05, 4.69) is 18.2 Å². The summed E-state index contributed by atoms with van der Waals surface area (Å²) in [7, 11) is 0. The summed E-state index contributed by atoms with van der Waals surface area (Å²) in [5.74, 6) is -0.146. The van der Waals surface area contributed by atoms with Crippen LogP contribution in [0, 0.1) is 0 Å². The second-order valence-corrected chi connectivity index (χ2v) is 3.53. The Bertz CT molecular complexity index is 328. The van der Waals surface area contributed by atoms with Crippen LogP contribution in [0.2, 0.25) is 0 Å². The third kappa shape index (κ3) is 5.35. The van der Waals surface area contributed by atoms with Crippen molar-refractivity contribution in [3.8, 4) is 0 Å². The van der Waals surface area contributed by atoms with Crippen LogP contribution in [0.1, 0.15) is 25.3 Å². The van der Waals surface area contributed by atoms with E-state index in [-0.39, 0.29) is 5.97 Å². The number of carbonyl (C=O) groups is 1. The summed E-state index contributed by atoms with van der Waals surface area (Å²) in [6.45, 7) is 2.18. The number of benzene rings is 1. The number of hydrogen-bond donors (Lipinski definition) is 0. The molecule has 0 aliphatic heterocycles. The molecule has 0 spiro atoms. The van der Waals surface area contributed by atoms with Crippen molar-refractivity contribution in [1.82, 2.24) is 0 Å². The molecule has 0 bridgehead atoms. The smallest absolute Gasteiger partial charge is 0.305 e. The number of rotatable bonds is 6. The van der Waals surface area contributed by atoms with E-state index in [1.54, 1.807) is 6.92 Å². The van der Waals surface area contributed by atoms with Crippen LogP contribution in [0.15, 0.2) is 42.5 Å². The van der Waals surface area contributed by atoms with E-state index in [1.165, 1.54) is 5.56 Å². The number of aryl methyl sites for hydroxylation is 1. The lowest BCUT2D eigenvalue weighted by molar-refractivity contribution is -0.141. The van der Waals surface area contributed by atoms with E-state index in [9.17, 15) is 4.79 Å². The molecule has 0 unspecified atom stereocenters. The molecule has 0 N–H and O–H groups in total. The topological polar surface area (TPSA) is 26.3 Å². The van der Waals surface area contributed by atoms with Crippen LogP contribution in [0.5, 0.6) is 0 Å². The van der Waals surface area contributed by atoms with Crippen LogP contribution >= 0.6 is 0 Å². The molecule has 86 valence electrons. The third-order valence-electron chi connectivity index (χ3n) is 2.24. The summed E-state index contributed by atoms with van der Waals surface area (Å²) in [5, 5.41) is 0. The lowest BCUT2D eigenvalue weighted by Gasteiger charge is -1.98. The average molecular weight is 218 g/mol. The quantitative estimate of drug-likeness (QED) is 0.541. The molecule has 1 aromatic rings.